The molecule has 0 aliphatic carbocycles. The molecule has 0 spiro atoms. The van der Waals surface area contributed by atoms with Crippen LogP contribution in [-0.2, 0) is 6.42 Å². The molecular formula is C14H17N3. The lowest BCUT2D eigenvalue weighted by Gasteiger charge is -2.17. The number of nitrogens with one attached hydrogen (secondary N) is 1. The Balaban J connectivity index is 2.13. The predicted octanol–water partition coefficient (Wildman–Crippen LogP) is 2.37. The molecule has 17 heavy (non-hydrogen) atoms. The molecule has 1 atom stereocenters. The van der Waals surface area contributed by atoms with Crippen molar-refractivity contribution in [2.75, 3.05) is 6.54 Å². The normalized spacial score (nSPS) is 12.3. The van der Waals surface area contributed by atoms with Gasteiger partial charge in [0.15, 0.2) is 0 Å². The molecule has 0 amide bonds. The Morgan fingerprint density at radius 3 is 2.76 bits per heavy atom. The molecule has 0 aromatic carbocycles. The van der Waals surface area contributed by atoms with Crippen molar-refractivity contribution >= 4 is 0 Å². The van der Waals surface area contributed by atoms with Gasteiger partial charge in [-0.05, 0) is 36.7 Å². The van der Waals surface area contributed by atoms with Gasteiger partial charge < -0.3 is 5.32 Å². The molecular weight excluding hydrogens is 210 g/mol. The minimum absolute atomic E-state index is 0.255. The van der Waals surface area contributed by atoms with Crippen LogP contribution in [0.25, 0.3) is 0 Å². The van der Waals surface area contributed by atoms with Gasteiger partial charge in [-0.1, -0.05) is 19.1 Å². The van der Waals surface area contributed by atoms with Gasteiger partial charge in [-0.15, -0.1) is 0 Å². The third-order valence-electron chi connectivity index (χ3n) is 2.66. The fraction of sp³-hybridized carbons (Fsp3) is 0.286. The van der Waals surface area contributed by atoms with Crippen molar-refractivity contribution < 1.29 is 0 Å². The first kappa shape index (κ1) is 11.7. The van der Waals surface area contributed by atoms with Crippen molar-refractivity contribution in [3.05, 3.63) is 60.2 Å². The molecule has 2 heterocycles. The Kier molecular flexibility index (Phi) is 4.22. The topological polar surface area (TPSA) is 37.8 Å². The van der Waals surface area contributed by atoms with Crippen molar-refractivity contribution in [1.82, 2.24) is 15.3 Å². The summed E-state index contributed by atoms with van der Waals surface area (Å²) in [7, 11) is 0. The Hall–Kier alpha value is -1.74. The van der Waals surface area contributed by atoms with Crippen molar-refractivity contribution in [2.24, 2.45) is 0 Å². The maximum atomic E-state index is 4.41. The van der Waals surface area contributed by atoms with Gasteiger partial charge in [-0.3, -0.25) is 9.97 Å². The Morgan fingerprint density at radius 1 is 1.18 bits per heavy atom. The van der Waals surface area contributed by atoms with E-state index in [2.05, 4.69) is 34.3 Å². The standard InChI is InChI=1S/C14H17N3/c1-2-16-14(13-7-3-4-9-17-13)10-12-6-5-8-15-11-12/h3-9,11,14,16H,2,10H2,1H3. The fourth-order valence-corrected chi connectivity index (χ4v) is 1.86. The SMILES string of the molecule is CCNC(Cc1cccnc1)c1ccccn1. The summed E-state index contributed by atoms with van der Waals surface area (Å²) in [5.74, 6) is 0. The van der Waals surface area contributed by atoms with Gasteiger partial charge in [-0.2, -0.15) is 0 Å². The molecule has 2 rings (SSSR count). The van der Waals surface area contributed by atoms with E-state index in [1.807, 2.05) is 30.6 Å². The summed E-state index contributed by atoms with van der Waals surface area (Å²) >= 11 is 0. The van der Waals surface area contributed by atoms with Crippen LogP contribution in [0.15, 0.2) is 48.9 Å². The zero-order valence-corrected chi connectivity index (χ0v) is 10.0. The molecule has 0 fully saturated rings. The van der Waals surface area contributed by atoms with E-state index in [0.29, 0.717) is 0 Å². The number of pyridine rings is 2. The number of hydrogen-bond donors (Lipinski definition) is 1. The van der Waals surface area contributed by atoms with Gasteiger partial charge in [0, 0.05) is 18.6 Å². The van der Waals surface area contributed by atoms with Crippen LogP contribution in [-0.4, -0.2) is 16.5 Å². The Labute approximate surface area is 102 Å². The van der Waals surface area contributed by atoms with Crippen molar-refractivity contribution in [3.8, 4) is 0 Å². The maximum absolute atomic E-state index is 4.41. The molecule has 2 aromatic heterocycles. The lowest BCUT2D eigenvalue weighted by molar-refractivity contribution is 0.536. The largest absolute Gasteiger partial charge is 0.309 e. The summed E-state index contributed by atoms with van der Waals surface area (Å²) in [6.07, 6.45) is 6.46. The molecule has 0 radical (unpaired) electrons. The molecule has 1 unspecified atom stereocenters. The molecule has 0 bridgehead atoms. The first-order valence-corrected chi connectivity index (χ1v) is 5.93. The van der Waals surface area contributed by atoms with Crippen LogP contribution in [0.1, 0.15) is 24.2 Å². The van der Waals surface area contributed by atoms with E-state index in [1.54, 1.807) is 6.20 Å². The molecule has 1 N–H and O–H groups in total. The van der Waals surface area contributed by atoms with Gasteiger partial charge in [0.05, 0.1) is 11.7 Å². The summed E-state index contributed by atoms with van der Waals surface area (Å²) in [6.45, 7) is 3.04. The molecule has 3 nitrogen and oxygen atoms in total. The summed E-state index contributed by atoms with van der Waals surface area (Å²) in [5, 5.41) is 3.46. The first-order chi connectivity index (χ1) is 8.40. The van der Waals surface area contributed by atoms with E-state index in [-0.39, 0.29) is 6.04 Å². The minimum Gasteiger partial charge on any atom is -0.309 e. The van der Waals surface area contributed by atoms with Crippen LogP contribution in [0.4, 0.5) is 0 Å². The molecule has 2 aromatic rings. The molecule has 0 aliphatic heterocycles. The molecule has 3 heteroatoms. The lowest BCUT2D eigenvalue weighted by Crippen LogP contribution is -2.23. The molecule has 0 saturated carbocycles. The minimum atomic E-state index is 0.255. The van der Waals surface area contributed by atoms with Gasteiger partial charge in [0.2, 0.25) is 0 Å². The van der Waals surface area contributed by atoms with Gasteiger partial charge in [-0.25, -0.2) is 0 Å². The number of aromatic nitrogens is 2. The molecule has 0 aliphatic rings. The van der Waals surface area contributed by atoms with Gasteiger partial charge in [0.1, 0.15) is 0 Å². The lowest BCUT2D eigenvalue weighted by atomic mass is 10.0. The van der Waals surface area contributed by atoms with Crippen molar-refractivity contribution in [3.63, 3.8) is 0 Å². The zero-order valence-electron chi connectivity index (χ0n) is 10.0. The number of nitrogens with zero attached hydrogens (tertiary/aromatic N) is 2. The van der Waals surface area contributed by atoms with Crippen LogP contribution in [0.2, 0.25) is 0 Å². The van der Waals surface area contributed by atoms with E-state index >= 15 is 0 Å². The highest BCUT2D eigenvalue weighted by Gasteiger charge is 2.11. The summed E-state index contributed by atoms with van der Waals surface area (Å²) < 4.78 is 0. The van der Waals surface area contributed by atoms with E-state index in [9.17, 15) is 0 Å². The number of rotatable bonds is 5. The zero-order chi connectivity index (χ0) is 11.9. The second-order valence-corrected chi connectivity index (χ2v) is 3.93. The molecule has 0 saturated heterocycles. The molecule has 88 valence electrons. The van der Waals surface area contributed by atoms with Crippen LogP contribution >= 0.6 is 0 Å². The summed E-state index contributed by atoms with van der Waals surface area (Å²) in [4.78, 5) is 8.55. The average Bonchev–Trinajstić information content (AvgIpc) is 2.40. The average molecular weight is 227 g/mol. The number of hydrogen-bond acceptors (Lipinski definition) is 3. The monoisotopic (exact) mass is 227 g/mol. The quantitative estimate of drug-likeness (QED) is 0.852. The second-order valence-electron chi connectivity index (χ2n) is 3.93. The highest BCUT2D eigenvalue weighted by atomic mass is 14.9. The van der Waals surface area contributed by atoms with Crippen molar-refractivity contribution in [1.29, 1.82) is 0 Å². The third kappa shape index (κ3) is 3.36. The second kappa shape index (κ2) is 6.11. The van der Waals surface area contributed by atoms with E-state index < -0.39 is 0 Å². The van der Waals surface area contributed by atoms with Crippen LogP contribution in [0.5, 0.6) is 0 Å². The fourth-order valence-electron chi connectivity index (χ4n) is 1.86. The number of likely N-dealkylation sites (N-methyl/N-ethyl adjacent to an activating group) is 1. The van der Waals surface area contributed by atoms with Crippen LogP contribution in [0.3, 0.4) is 0 Å². The maximum Gasteiger partial charge on any atom is 0.0576 e. The Morgan fingerprint density at radius 2 is 2.12 bits per heavy atom. The van der Waals surface area contributed by atoms with Gasteiger partial charge >= 0.3 is 0 Å². The van der Waals surface area contributed by atoms with Gasteiger partial charge in [0.25, 0.3) is 0 Å². The third-order valence-corrected chi connectivity index (χ3v) is 2.66. The smallest absolute Gasteiger partial charge is 0.0576 e. The predicted molar refractivity (Wildman–Crippen MR) is 68.6 cm³/mol. The summed E-state index contributed by atoms with van der Waals surface area (Å²) in [5.41, 5.74) is 2.31. The van der Waals surface area contributed by atoms with Crippen LogP contribution in [0, 0.1) is 0 Å². The first-order valence-electron chi connectivity index (χ1n) is 5.93. The summed E-state index contributed by atoms with van der Waals surface area (Å²) in [6, 6.07) is 10.3. The van der Waals surface area contributed by atoms with Crippen molar-refractivity contribution in [2.45, 2.75) is 19.4 Å². The van der Waals surface area contributed by atoms with E-state index in [4.69, 9.17) is 0 Å². The van der Waals surface area contributed by atoms with Crippen LogP contribution < -0.4 is 5.32 Å². The highest BCUT2D eigenvalue weighted by Crippen LogP contribution is 2.15. The highest BCUT2D eigenvalue weighted by molar-refractivity contribution is 5.16. The van der Waals surface area contributed by atoms with E-state index in [1.165, 1.54) is 5.56 Å². The van der Waals surface area contributed by atoms with E-state index in [0.717, 1.165) is 18.7 Å². The Bertz CT molecular complexity index is 428.